The highest BCUT2D eigenvalue weighted by Gasteiger charge is 2.19. The van der Waals surface area contributed by atoms with Crippen molar-refractivity contribution in [3.05, 3.63) is 54.3 Å². The molecule has 0 aliphatic carbocycles. The van der Waals surface area contributed by atoms with E-state index in [0.29, 0.717) is 11.6 Å². The van der Waals surface area contributed by atoms with Gasteiger partial charge in [-0.15, -0.1) is 0 Å². The molecule has 2 aromatic heterocycles. The van der Waals surface area contributed by atoms with Crippen molar-refractivity contribution in [2.45, 2.75) is 6.92 Å². The molecule has 1 fully saturated rings. The van der Waals surface area contributed by atoms with Gasteiger partial charge in [0, 0.05) is 44.0 Å². The number of aromatic nitrogens is 3. The molecular weight excluding hydrogens is 335 g/mol. The van der Waals surface area contributed by atoms with Gasteiger partial charge in [-0.2, -0.15) is 0 Å². The lowest BCUT2D eigenvalue weighted by Crippen LogP contribution is -2.46. The molecule has 0 saturated carbocycles. The fourth-order valence-electron chi connectivity index (χ4n) is 2.99. The van der Waals surface area contributed by atoms with Crippen LogP contribution in [0.25, 0.3) is 0 Å². The Bertz CT molecular complexity index is 873. The van der Waals surface area contributed by atoms with E-state index in [9.17, 15) is 4.39 Å². The monoisotopic (exact) mass is 354 g/mol. The number of piperazine rings is 1. The molecule has 0 bridgehead atoms. The number of nitrogens with one attached hydrogen (secondary N) is 1. The first-order valence-corrected chi connectivity index (χ1v) is 8.45. The maximum Gasteiger partial charge on any atom is 0.175 e. The van der Waals surface area contributed by atoms with Crippen molar-refractivity contribution >= 4 is 23.1 Å². The maximum atomic E-state index is 13.1. The van der Waals surface area contributed by atoms with E-state index in [0.717, 1.165) is 43.4 Å². The van der Waals surface area contributed by atoms with Gasteiger partial charge in [0.05, 0.1) is 0 Å². The third-order valence-electron chi connectivity index (χ3n) is 4.33. The predicted octanol–water partition coefficient (Wildman–Crippen LogP) is 2.98. The summed E-state index contributed by atoms with van der Waals surface area (Å²) < 4.78 is 18.1. The molecule has 1 aliphatic rings. The van der Waals surface area contributed by atoms with Gasteiger partial charge in [0.2, 0.25) is 0 Å². The molecule has 0 radical (unpaired) electrons. The molecule has 8 heteroatoms. The summed E-state index contributed by atoms with van der Waals surface area (Å²) in [6, 6.07) is 10.3. The van der Waals surface area contributed by atoms with Crippen molar-refractivity contribution in [3.63, 3.8) is 0 Å². The average Bonchev–Trinajstić information content (AvgIpc) is 3.07. The van der Waals surface area contributed by atoms with Crippen molar-refractivity contribution in [3.8, 4) is 0 Å². The van der Waals surface area contributed by atoms with Gasteiger partial charge < -0.3 is 19.6 Å². The fraction of sp³-hybridized carbons (Fsp3) is 0.278. The highest BCUT2D eigenvalue weighted by atomic mass is 19.1. The molecule has 0 spiro atoms. The Labute approximate surface area is 150 Å². The van der Waals surface area contributed by atoms with Crippen LogP contribution in [-0.4, -0.2) is 41.3 Å². The van der Waals surface area contributed by atoms with Gasteiger partial charge in [-0.3, -0.25) is 0 Å². The van der Waals surface area contributed by atoms with E-state index < -0.39 is 0 Å². The van der Waals surface area contributed by atoms with E-state index in [4.69, 9.17) is 4.52 Å². The summed E-state index contributed by atoms with van der Waals surface area (Å²) >= 11 is 0. The van der Waals surface area contributed by atoms with Crippen molar-refractivity contribution in [2.24, 2.45) is 0 Å². The number of aryl methyl sites for hydroxylation is 1. The van der Waals surface area contributed by atoms with Crippen LogP contribution in [0.5, 0.6) is 0 Å². The molecule has 1 aliphatic heterocycles. The van der Waals surface area contributed by atoms with Crippen LogP contribution in [0.1, 0.15) is 5.76 Å². The Morgan fingerprint density at radius 2 is 1.69 bits per heavy atom. The highest BCUT2D eigenvalue weighted by Crippen LogP contribution is 2.22. The Morgan fingerprint density at radius 1 is 0.962 bits per heavy atom. The van der Waals surface area contributed by atoms with E-state index >= 15 is 0 Å². The van der Waals surface area contributed by atoms with E-state index in [1.54, 1.807) is 0 Å². The second-order valence-electron chi connectivity index (χ2n) is 6.16. The summed E-state index contributed by atoms with van der Waals surface area (Å²) in [5.41, 5.74) is 1.04. The summed E-state index contributed by atoms with van der Waals surface area (Å²) in [6.07, 6.45) is 1.54. The normalized spacial score (nSPS) is 14.5. The van der Waals surface area contributed by atoms with Crippen LogP contribution in [0.15, 0.2) is 47.2 Å². The van der Waals surface area contributed by atoms with Crippen molar-refractivity contribution in [2.75, 3.05) is 41.3 Å². The molecule has 7 nitrogen and oxygen atoms in total. The SMILES string of the molecule is Cc1cc(Nc2cc(N3CCN(c4ccc(F)cc4)CC3)ncn2)no1. The highest BCUT2D eigenvalue weighted by molar-refractivity contribution is 5.57. The number of anilines is 4. The smallest absolute Gasteiger partial charge is 0.175 e. The van der Waals surface area contributed by atoms with Gasteiger partial charge in [0.15, 0.2) is 5.82 Å². The minimum absolute atomic E-state index is 0.212. The Balaban J connectivity index is 1.41. The Hall–Kier alpha value is -3.16. The molecule has 1 aromatic carbocycles. The zero-order valence-corrected chi connectivity index (χ0v) is 14.4. The summed E-state index contributed by atoms with van der Waals surface area (Å²) in [6.45, 7) is 5.19. The van der Waals surface area contributed by atoms with E-state index in [2.05, 4.69) is 30.2 Å². The third kappa shape index (κ3) is 3.58. The molecule has 134 valence electrons. The van der Waals surface area contributed by atoms with E-state index in [1.807, 2.05) is 31.2 Å². The van der Waals surface area contributed by atoms with Crippen LogP contribution in [0, 0.1) is 12.7 Å². The molecule has 26 heavy (non-hydrogen) atoms. The molecule has 4 rings (SSSR count). The van der Waals surface area contributed by atoms with Gasteiger partial charge in [-0.25, -0.2) is 14.4 Å². The number of hydrogen-bond acceptors (Lipinski definition) is 7. The first kappa shape index (κ1) is 16.3. The zero-order valence-electron chi connectivity index (χ0n) is 14.4. The largest absolute Gasteiger partial charge is 0.368 e. The topological polar surface area (TPSA) is 70.3 Å². The minimum atomic E-state index is -0.212. The molecule has 0 amide bonds. The molecule has 1 saturated heterocycles. The second kappa shape index (κ2) is 6.99. The van der Waals surface area contributed by atoms with E-state index in [-0.39, 0.29) is 5.82 Å². The Kier molecular flexibility index (Phi) is 4.39. The van der Waals surface area contributed by atoms with Gasteiger partial charge in [0.25, 0.3) is 0 Å². The lowest BCUT2D eigenvalue weighted by atomic mass is 10.2. The summed E-state index contributed by atoms with van der Waals surface area (Å²) in [5, 5.41) is 7.03. The van der Waals surface area contributed by atoms with Gasteiger partial charge in [-0.05, 0) is 31.2 Å². The van der Waals surface area contributed by atoms with Gasteiger partial charge in [0.1, 0.15) is 29.5 Å². The molecule has 3 heterocycles. The van der Waals surface area contributed by atoms with Gasteiger partial charge >= 0.3 is 0 Å². The first-order valence-electron chi connectivity index (χ1n) is 8.45. The predicted molar refractivity (Wildman–Crippen MR) is 97.4 cm³/mol. The molecular formula is C18H19FN6O. The van der Waals surface area contributed by atoms with Crippen LogP contribution >= 0.6 is 0 Å². The quantitative estimate of drug-likeness (QED) is 0.772. The van der Waals surface area contributed by atoms with Crippen LogP contribution in [0.2, 0.25) is 0 Å². The fourth-order valence-corrected chi connectivity index (χ4v) is 2.99. The molecule has 0 atom stereocenters. The van der Waals surface area contributed by atoms with Crippen LogP contribution < -0.4 is 15.1 Å². The van der Waals surface area contributed by atoms with Crippen molar-refractivity contribution in [1.82, 2.24) is 15.1 Å². The molecule has 0 unspecified atom stereocenters. The zero-order chi connectivity index (χ0) is 17.9. The number of nitrogens with zero attached hydrogens (tertiary/aromatic N) is 5. The number of halogens is 1. The Morgan fingerprint density at radius 3 is 2.38 bits per heavy atom. The summed E-state index contributed by atoms with van der Waals surface area (Å²) in [7, 11) is 0. The van der Waals surface area contributed by atoms with Crippen molar-refractivity contribution in [1.29, 1.82) is 0 Å². The lowest BCUT2D eigenvalue weighted by Gasteiger charge is -2.36. The first-order chi connectivity index (χ1) is 12.7. The van der Waals surface area contributed by atoms with Crippen LogP contribution in [0.3, 0.4) is 0 Å². The molecule has 1 N–H and O–H groups in total. The summed E-state index contributed by atoms with van der Waals surface area (Å²) in [5.74, 6) is 2.67. The second-order valence-corrected chi connectivity index (χ2v) is 6.16. The minimum Gasteiger partial charge on any atom is -0.368 e. The van der Waals surface area contributed by atoms with E-state index in [1.165, 1.54) is 18.5 Å². The summed E-state index contributed by atoms with van der Waals surface area (Å²) in [4.78, 5) is 13.1. The average molecular weight is 354 g/mol. The lowest BCUT2D eigenvalue weighted by molar-refractivity contribution is 0.400. The van der Waals surface area contributed by atoms with Crippen molar-refractivity contribution < 1.29 is 8.91 Å². The molecule has 3 aromatic rings. The maximum absolute atomic E-state index is 13.1. The standard InChI is InChI=1S/C18H19FN6O/c1-13-10-17(23-26-13)22-16-11-18(21-12-20-16)25-8-6-24(7-9-25)15-4-2-14(19)3-5-15/h2-5,10-12H,6-9H2,1H3,(H,20,21,22,23). The number of benzene rings is 1. The third-order valence-corrected chi connectivity index (χ3v) is 4.33. The number of hydrogen-bond donors (Lipinski definition) is 1. The van der Waals surface area contributed by atoms with Crippen LogP contribution in [0.4, 0.5) is 27.5 Å². The number of rotatable bonds is 4. The van der Waals surface area contributed by atoms with Crippen LogP contribution in [-0.2, 0) is 0 Å². The van der Waals surface area contributed by atoms with Gasteiger partial charge in [-0.1, -0.05) is 5.16 Å².